The predicted molar refractivity (Wildman–Crippen MR) is 143 cm³/mol. The van der Waals surface area contributed by atoms with Crippen LogP contribution in [0.5, 0.6) is 0 Å². The van der Waals surface area contributed by atoms with E-state index in [4.69, 9.17) is 11.5 Å². The van der Waals surface area contributed by atoms with Crippen LogP contribution in [0.25, 0.3) is 10.9 Å². The number of carboxylic acid groups (broad SMARTS) is 1. The van der Waals surface area contributed by atoms with Gasteiger partial charge in [-0.15, -0.1) is 0 Å². The summed E-state index contributed by atoms with van der Waals surface area (Å²) in [5, 5.41) is 30.2. The average molecular weight is 545 g/mol. The number of rotatable bonds is 14. The number of carboxylic acids is 1. The molecule has 1 aliphatic rings. The largest absolute Gasteiger partial charge is 0.480 e. The number of nitrogens with zero attached hydrogens (tertiary/aromatic N) is 1. The van der Waals surface area contributed by atoms with Gasteiger partial charge in [0.05, 0.1) is 12.6 Å². The minimum absolute atomic E-state index is 0.0735. The van der Waals surface area contributed by atoms with Crippen molar-refractivity contribution in [1.82, 2.24) is 26.3 Å². The lowest BCUT2D eigenvalue weighted by molar-refractivity contribution is -0.143. The number of nitrogens with one attached hydrogen (secondary N) is 5. The first kappa shape index (κ1) is 29.4. The zero-order chi connectivity index (χ0) is 28.4. The first-order chi connectivity index (χ1) is 18.7. The number of benzene rings is 1. The van der Waals surface area contributed by atoms with Crippen molar-refractivity contribution in [1.29, 1.82) is 0 Å². The van der Waals surface area contributed by atoms with Gasteiger partial charge >= 0.3 is 5.97 Å². The fourth-order valence-corrected chi connectivity index (χ4v) is 4.41. The van der Waals surface area contributed by atoms with Crippen molar-refractivity contribution in [3.63, 3.8) is 0 Å². The van der Waals surface area contributed by atoms with Gasteiger partial charge in [-0.25, -0.2) is 4.79 Å². The number of aromatic amines is 1. The Morgan fingerprint density at radius 1 is 1.05 bits per heavy atom. The van der Waals surface area contributed by atoms with Gasteiger partial charge in [-0.05, 0) is 43.9 Å². The summed E-state index contributed by atoms with van der Waals surface area (Å²) in [6.45, 7) is 0.0433. The molecule has 0 radical (unpaired) electrons. The zero-order valence-corrected chi connectivity index (χ0v) is 21.5. The standard InChI is InChI=1S/C25H36N8O6/c26-25(27)29-10-4-8-18(22(36)33-20(13-34)24(38)39)31-23(37)19(32-21(35)17-7-3-9-28-17)11-14-12-30-16-6-2-1-5-15(14)16/h1-2,5-6,12,17-20,28,30,34H,3-4,7-11,13H2,(H,31,37)(H,32,35)(H,33,36)(H,38,39)(H4,26,27,29). The van der Waals surface area contributed by atoms with E-state index in [1.165, 1.54) is 0 Å². The fourth-order valence-electron chi connectivity index (χ4n) is 4.41. The maximum absolute atomic E-state index is 13.5. The molecule has 0 spiro atoms. The molecule has 1 aromatic carbocycles. The highest BCUT2D eigenvalue weighted by Crippen LogP contribution is 2.19. The summed E-state index contributed by atoms with van der Waals surface area (Å²) in [6, 6.07) is 3.36. The third kappa shape index (κ3) is 8.41. The van der Waals surface area contributed by atoms with Crippen LogP contribution < -0.4 is 32.7 Å². The maximum Gasteiger partial charge on any atom is 0.328 e. The number of guanidine groups is 1. The first-order valence-electron chi connectivity index (χ1n) is 12.8. The summed E-state index contributed by atoms with van der Waals surface area (Å²) in [7, 11) is 0. The van der Waals surface area contributed by atoms with Crippen molar-refractivity contribution in [2.45, 2.75) is 56.3 Å². The lowest BCUT2D eigenvalue weighted by atomic mass is 10.0. The third-order valence-corrected chi connectivity index (χ3v) is 6.48. The minimum atomic E-state index is -1.55. The number of aliphatic carboxylic acids is 1. The molecule has 14 heteroatoms. The highest BCUT2D eigenvalue weighted by molar-refractivity contribution is 5.95. The highest BCUT2D eigenvalue weighted by Gasteiger charge is 2.31. The molecule has 0 saturated carbocycles. The Morgan fingerprint density at radius 2 is 1.77 bits per heavy atom. The van der Waals surface area contributed by atoms with Gasteiger partial charge in [0.2, 0.25) is 17.7 Å². The SMILES string of the molecule is NC(N)=NCCCC(NC(=O)C(Cc1c[nH]c2ccccc12)NC(=O)C1CCCN1)C(=O)NC(CO)C(=O)O. The van der Waals surface area contributed by atoms with Crippen LogP contribution in [0.15, 0.2) is 35.5 Å². The second-order valence-electron chi connectivity index (χ2n) is 9.37. The number of carbonyl (C=O) groups excluding carboxylic acids is 3. The van der Waals surface area contributed by atoms with Gasteiger partial charge in [0.25, 0.3) is 0 Å². The van der Waals surface area contributed by atoms with E-state index < -0.39 is 48.6 Å². The van der Waals surface area contributed by atoms with Crippen LogP contribution in [0, 0.1) is 0 Å². The van der Waals surface area contributed by atoms with E-state index in [9.17, 15) is 29.4 Å². The molecule has 1 saturated heterocycles. The molecule has 4 atom stereocenters. The van der Waals surface area contributed by atoms with Crippen molar-refractivity contribution in [3.05, 3.63) is 36.0 Å². The molecule has 4 unspecified atom stereocenters. The van der Waals surface area contributed by atoms with Gasteiger partial charge in [-0.1, -0.05) is 18.2 Å². The predicted octanol–water partition coefficient (Wildman–Crippen LogP) is -1.95. The van der Waals surface area contributed by atoms with Gasteiger partial charge in [0.1, 0.15) is 18.1 Å². The third-order valence-electron chi connectivity index (χ3n) is 6.48. The number of hydrogen-bond donors (Lipinski definition) is 9. The summed E-state index contributed by atoms with van der Waals surface area (Å²) in [5.41, 5.74) is 12.4. The number of H-pyrrole nitrogens is 1. The minimum Gasteiger partial charge on any atom is -0.480 e. The lowest BCUT2D eigenvalue weighted by Crippen LogP contribution is -2.57. The van der Waals surface area contributed by atoms with Crippen LogP contribution in [0.3, 0.4) is 0 Å². The number of aliphatic imine (C=N–C) groups is 1. The number of hydrogen-bond acceptors (Lipinski definition) is 7. The molecule has 3 amide bonds. The monoisotopic (exact) mass is 544 g/mol. The molecule has 1 fully saturated rings. The lowest BCUT2D eigenvalue weighted by Gasteiger charge is -2.25. The Hall–Kier alpha value is -4.17. The van der Waals surface area contributed by atoms with Crippen LogP contribution >= 0.6 is 0 Å². The smallest absolute Gasteiger partial charge is 0.328 e. The van der Waals surface area contributed by atoms with Crippen molar-refractivity contribution in [2.24, 2.45) is 16.5 Å². The van der Waals surface area contributed by atoms with E-state index in [1.54, 1.807) is 6.20 Å². The molecule has 3 rings (SSSR count). The van der Waals surface area contributed by atoms with Gasteiger partial charge in [-0.3, -0.25) is 19.4 Å². The van der Waals surface area contributed by atoms with Gasteiger partial charge < -0.3 is 47.9 Å². The first-order valence-corrected chi connectivity index (χ1v) is 12.8. The van der Waals surface area contributed by atoms with E-state index >= 15 is 0 Å². The molecule has 11 N–H and O–H groups in total. The van der Waals surface area contributed by atoms with E-state index in [1.807, 2.05) is 24.3 Å². The number of aromatic nitrogens is 1. The average Bonchev–Trinajstić information content (AvgIpc) is 3.59. The maximum atomic E-state index is 13.5. The summed E-state index contributed by atoms with van der Waals surface area (Å²) < 4.78 is 0. The van der Waals surface area contributed by atoms with E-state index in [2.05, 4.69) is 31.2 Å². The molecule has 0 bridgehead atoms. The van der Waals surface area contributed by atoms with E-state index in [0.717, 1.165) is 22.9 Å². The van der Waals surface area contributed by atoms with Crippen LogP contribution in [-0.2, 0) is 25.6 Å². The van der Waals surface area contributed by atoms with Crippen molar-refractivity contribution in [2.75, 3.05) is 19.7 Å². The molecule has 2 heterocycles. The number of para-hydroxylation sites is 1. The number of nitrogens with two attached hydrogens (primary N) is 2. The van der Waals surface area contributed by atoms with Gasteiger partial charge in [0, 0.05) is 30.1 Å². The number of carbonyl (C=O) groups is 4. The Balaban J connectivity index is 1.80. The molecule has 39 heavy (non-hydrogen) atoms. The molecule has 14 nitrogen and oxygen atoms in total. The summed E-state index contributed by atoms with van der Waals surface area (Å²) in [6.07, 6.45) is 3.75. The van der Waals surface area contributed by atoms with E-state index in [-0.39, 0.29) is 31.3 Å². The highest BCUT2D eigenvalue weighted by atomic mass is 16.4. The molecule has 0 aliphatic carbocycles. The molecule has 2 aromatic rings. The summed E-state index contributed by atoms with van der Waals surface area (Å²) >= 11 is 0. The number of amides is 3. The Kier molecular flexibility index (Phi) is 10.6. The molecular weight excluding hydrogens is 508 g/mol. The molecule has 1 aliphatic heterocycles. The topological polar surface area (TPSA) is 237 Å². The number of aliphatic hydroxyl groups is 1. The van der Waals surface area contributed by atoms with Crippen molar-refractivity contribution < 1.29 is 29.4 Å². The van der Waals surface area contributed by atoms with Crippen LogP contribution in [0.4, 0.5) is 0 Å². The van der Waals surface area contributed by atoms with Crippen LogP contribution in [0.1, 0.15) is 31.2 Å². The Bertz CT molecular complexity index is 1190. The second kappa shape index (κ2) is 14.1. The Labute approximate surface area is 225 Å². The van der Waals surface area contributed by atoms with Crippen molar-refractivity contribution in [3.8, 4) is 0 Å². The molecular formula is C25H36N8O6. The quantitative estimate of drug-likeness (QED) is 0.0728. The normalized spacial score (nSPS) is 17.1. The van der Waals surface area contributed by atoms with Crippen LogP contribution in [-0.4, -0.2) is 88.7 Å². The Morgan fingerprint density at radius 3 is 2.44 bits per heavy atom. The zero-order valence-electron chi connectivity index (χ0n) is 21.5. The second-order valence-corrected chi connectivity index (χ2v) is 9.37. The fraction of sp³-hybridized carbons (Fsp3) is 0.480. The van der Waals surface area contributed by atoms with E-state index in [0.29, 0.717) is 19.4 Å². The van der Waals surface area contributed by atoms with Gasteiger partial charge in [-0.2, -0.15) is 0 Å². The summed E-state index contributed by atoms with van der Waals surface area (Å²) in [4.78, 5) is 57.7. The summed E-state index contributed by atoms with van der Waals surface area (Å²) in [5.74, 6) is -3.31. The van der Waals surface area contributed by atoms with Crippen LogP contribution in [0.2, 0.25) is 0 Å². The number of fused-ring (bicyclic) bond motifs is 1. The molecule has 1 aromatic heterocycles. The van der Waals surface area contributed by atoms with Crippen molar-refractivity contribution >= 4 is 40.6 Å². The number of aliphatic hydroxyl groups excluding tert-OH is 1. The molecule has 212 valence electrons. The van der Waals surface area contributed by atoms with Gasteiger partial charge in [0.15, 0.2) is 5.96 Å².